The molecule has 3 N–H and O–H groups in total. The van der Waals surface area contributed by atoms with Crippen molar-refractivity contribution in [3.63, 3.8) is 0 Å². The van der Waals surface area contributed by atoms with Crippen LogP contribution in [0.2, 0.25) is 0 Å². The molecule has 0 radical (unpaired) electrons. The molecule has 2 rings (SSSR count). The summed E-state index contributed by atoms with van der Waals surface area (Å²) >= 11 is 0. The molecule has 1 atom stereocenters. The molecule has 0 bridgehead atoms. The van der Waals surface area contributed by atoms with Crippen LogP contribution in [0.5, 0.6) is 5.75 Å². The predicted molar refractivity (Wildman–Crippen MR) is 59.8 cm³/mol. The van der Waals surface area contributed by atoms with Crippen LogP contribution >= 0.6 is 0 Å². The molecule has 16 heavy (non-hydrogen) atoms. The number of benzene rings is 1. The largest absolute Gasteiger partial charge is 0.507 e. The summed E-state index contributed by atoms with van der Waals surface area (Å²) in [4.78, 5) is 10.9. The van der Waals surface area contributed by atoms with Crippen LogP contribution in [-0.2, 0) is 0 Å². The van der Waals surface area contributed by atoms with Crippen molar-refractivity contribution in [1.29, 1.82) is 0 Å². The summed E-state index contributed by atoms with van der Waals surface area (Å²) in [5.41, 5.74) is 1.65. The van der Waals surface area contributed by atoms with E-state index in [4.69, 9.17) is 5.11 Å². The number of aromatic hydroxyl groups is 1. The Morgan fingerprint density at radius 2 is 2.25 bits per heavy atom. The highest BCUT2D eigenvalue weighted by Crippen LogP contribution is 2.35. The van der Waals surface area contributed by atoms with E-state index in [1.807, 2.05) is 6.92 Å². The Morgan fingerprint density at radius 1 is 1.50 bits per heavy atom. The van der Waals surface area contributed by atoms with E-state index >= 15 is 0 Å². The van der Waals surface area contributed by atoms with Gasteiger partial charge in [-0.2, -0.15) is 0 Å². The van der Waals surface area contributed by atoms with Crippen LogP contribution in [0.4, 0.5) is 0 Å². The SMILES string of the molecule is Cc1ccc(C(=O)O)c(O)c1[C@H]1CCCN1. The van der Waals surface area contributed by atoms with Crippen LogP contribution in [0.3, 0.4) is 0 Å². The summed E-state index contributed by atoms with van der Waals surface area (Å²) in [5.74, 6) is -1.18. The highest BCUT2D eigenvalue weighted by molar-refractivity contribution is 5.91. The van der Waals surface area contributed by atoms with E-state index < -0.39 is 5.97 Å². The zero-order valence-corrected chi connectivity index (χ0v) is 9.16. The second-order valence-electron chi connectivity index (χ2n) is 4.15. The van der Waals surface area contributed by atoms with Crippen molar-refractivity contribution < 1.29 is 15.0 Å². The lowest BCUT2D eigenvalue weighted by molar-refractivity contribution is 0.0693. The Bertz CT molecular complexity index is 423. The minimum Gasteiger partial charge on any atom is -0.507 e. The lowest BCUT2D eigenvalue weighted by Gasteiger charge is -2.16. The van der Waals surface area contributed by atoms with Crippen molar-refractivity contribution in [2.45, 2.75) is 25.8 Å². The van der Waals surface area contributed by atoms with Crippen molar-refractivity contribution in [3.8, 4) is 5.75 Å². The Hall–Kier alpha value is -1.55. The average molecular weight is 221 g/mol. The van der Waals surface area contributed by atoms with Crippen LogP contribution in [-0.4, -0.2) is 22.7 Å². The third-order valence-corrected chi connectivity index (χ3v) is 3.07. The summed E-state index contributed by atoms with van der Waals surface area (Å²) in [7, 11) is 0. The summed E-state index contributed by atoms with van der Waals surface area (Å²) in [6, 6.07) is 3.28. The quantitative estimate of drug-likeness (QED) is 0.712. The van der Waals surface area contributed by atoms with Crippen molar-refractivity contribution in [1.82, 2.24) is 5.32 Å². The molecule has 1 aromatic rings. The average Bonchev–Trinajstić information content (AvgIpc) is 2.70. The molecular weight excluding hydrogens is 206 g/mol. The van der Waals surface area contributed by atoms with Gasteiger partial charge in [0, 0.05) is 11.6 Å². The molecular formula is C12H15NO3. The maximum absolute atomic E-state index is 10.9. The van der Waals surface area contributed by atoms with Crippen LogP contribution < -0.4 is 5.32 Å². The summed E-state index contributed by atoms with van der Waals surface area (Å²) < 4.78 is 0. The summed E-state index contributed by atoms with van der Waals surface area (Å²) in [6.45, 7) is 2.81. The number of hydrogen-bond donors (Lipinski definition) is 3. The number of carboxylic acid groups (broad SMARTS) is 1. The van der Waals surface area contributed by atoms with Gasteiger partial charge in [-0.25, -0.2) is 4.79 Å². The van der Waals surface area contributed by atoms with E-state index in [9.17, 15) is 9.90 Å². The third-order valence-electron chi connectivity index (χ3n) is 3.07. The summed E-state index contributed by atoms with van der Waals surface area (Å²) in [6.07, 6.45) is 2.00. The monoisotopic (exact) mass is 221 g/mol. The molecule has 0 saturated carbocycles. The molecule has 1 heterocycles. The maximum Gasteiger partial charge on any atom is 0.339 e. The fourth-order valence-electron chi connectivity index (χ4n) is 2.25. The predicted octanol–water partition coefficient (Wildman–Crippen LogP) is 1.82. The first-order valence-corrected chi connectivity index (χ1v) is 5.40. The number of aromatic carboxylic acids is 1. The number of hydrogen-bond acceptors (Lipinski definition) is 3. The number of carbonyl (C=O) groups is 1. The van der Waals surface area contributed by atoms with Crippen LogP contribution in [0.1, 0.15) is 40.4 Å². The Balaban J connectivity index is 2.49. The normalized spacial score (nSPS) is 19.9. The Kier molecular flexibility index (Phi) is 2.83. The van der Waals surface area contributed by atoms with Crippen molar-refractivity contribution in [3.05, 3.63) is 28.8 Å². The number of aryl methyl sites for hydroxylation is 1. The Morgan fingerprint density at radius 3 is 2.81 bits per heavy atom. The third kappa shape index (κ3) is 1.76. The smallest absolute Gasteiger partial charge is 0.339 e. The van der Waals surface area contributed by atoms with E-state index in [-0.39, 0.29) is 17.4 Å². The summed E-state index contributed by atoms with van der Waals surface area (Å²) in [5, 5.41) is 22.2. The van der Waals surface area contributed by atoms with Gasteiger partial charge in [-0.1, -0.05) is 6.07 Å². The molecule has 1 aliphatic heterocycles. The Labute approximate surface area is 93.9 Å². The van der Waals surface area contributed by atoms with Gasteiger partial charge in [0.1, 0.15) is 11.3 Å². The molecule has 0 spiro atoms. The van der Waals surface area contributed by atoms with E-state index in [1.54, 1.807) is 6.07 Å². The molecule has 0 aliphatic carbocycles. The van der Waals surface area contributed by atoms with E-state index in [0.29, 0.717) is 0 Å². The molecule has 0 amide bonds. The molecule has 4 heteroatoms. The lowest BCUT2D eigenvalue weighted by Crippen LogP contribution is -2.15. The highest BCUT2D eigenvalue weighted by Gasteiger charge is 2.24. The number of phenols is 1. The van der Waals surface area contributed by atoms with Gasteiger partial charge in [-0.05, 0) is 37.9 Å². The lowest BCUT2D eigenvalue weighted by atomic mass is 9.96. The van der Waals surface area contributed by atoms with Gasteiger partial charge in [-0.15, -0.1) is 0 Å². The fourth-order valence-corrected chi connectivity index (χ4v) is 2.25. The minimum atomic E-state index is -1.09. The molecule has 1 fully saturated rings. The second kappa shape index (κ2) is 4.14. The number of rotatable bonds is 2. The van der Waals surface area contributed by atoms with Crippen LogP contribution in [0.25, 0.3) is 0 Å². The van der Waals surface area contributed by atoms with Gasteiger partial charge >= 0.3 is 5.97 Å². The highest BCUT2D eigenvalue weighted by atomic mass is 16.4. The van der Waals surface area contributed by atoms with Crippen molar-refractivity contribution in [2.75, 3.05) is 6.54 Å². The van der Waals surface area contributed by atoms with E-state index in [0.717, 1.165) is 30.5 Å². The number of nitrogens with one attached hydrogen (secondary N) is 1. The first-order chi connectivity index (χ1) is 7.61. The maximum atomic E-state index is 10.9. The molecule has 1 saturated heterocycles. The van der Waals surface area contributed by atoms with Crippen molar-refractivity contribution in [2.24, 2.45) is 0 Å². The van der Waals surface area contributed by atoms with Gasteiger partial charge in [0.05, 0.1) is 0 Å². The number of carboxylic acids is 1. The van der Waals surface area contributed by atoms with Gasteiger partial charge in [-0.3, -0.25) is 0 Å². The topological polar surface area (TPSA) is 69.6 Å². The molecule has 0 aromatic heterocycles. The standard InChI is InChI=1S/C12H15NO3/c1-7-4-5-8(12(15)16)11(14)10(7)9-3-2-6-13-9/h4-5,9,13-14H,2-3,6H2,1H3,(H,15,16)/t9-/m1/s1. The first-order valence-electron chi connectivity index (χ1n) is 5.40. The molecule has 1 aliphatic rings. The first kappa shape index (κ1) is 11.0. The molecule has 1 aromatic carbocycles. The zero-order chi connectivity index (χ0) is 11.7. The minimum absolute atomic E-state index is 0.0192. The molecule has 86 valence electrons. The second-order valence-corrected chi connectivity index (χ2v) is 4.15. The van der Waals surface area contributed by atoms with Crippen molar-refractivity contribution >= 4 is 5.97 Å². The molecule has 4 nitrogen and oxygen atoms in total. The zero-order valence-electron chi connectivity index (χ0n) is 9.16. The van der Waals surface area contributed by atoms with Gasteiger partial charge in [0.15, 0.2) is 0 Å². The van der Waals surface area contributed by atoms with E-state index in [1.165, 1.54) is 6.07 Å². The van der Waals surface area contributed by atoms with Gasteiger partial charge in [0.2, 0.25) is 0 Å². The van der Waals surface area contributed by atoms with Crippen LogP contribution in [0.15, 0.2) is 12.1 Å². The van der Waals surface area contributed by atoms with Crippen LogP contribution in [0, 0.1) is 6.92 Å². The van der Waals surface area contributed by atoms with E-state index in [2.05, 4.69) is 5.32 Å². The molecule has 0 unspecified atom stereocenters. The van der Waals surface area contributed by atoms with Gasteiger partial charge in [0.25, 0.3) is 0 Å². The fraction of sp³-hybridized carbons (Fsp3) is 0.417. The van der Waals surface area contributed by atoms with Gasteiger partial charge < -0.3 is 15.5 Å².